The van der Waals surface area contributed by atoms with E-state index in [4.69, 9.17) is 11.6 Å². The van der Waals surface area contributed by atoms with Gasteiger partial charge in [0.2, 0.25) is 0 Å². The van der Waals surface area contributed by atoms with Crippen molar-refractivity contribution in [1.82, 2.24) is 15.2 Å². The molecule has 1 saturated carbocycles. The van der Waals surface area contributed by atoms with Crippen molar-refractivity contribution in [2.75, 3.05) is 0 Å². The van der Waals surface area contributed by atoms with Gasteiger partial charge in [0.15, 0.2) is 4.47 Å². The minimum atomic E-state index is -0.675. The van der Waals surface area contributed by atoms with E-state index in [0.717, 1.165) is 43.4 Å². The summed E-state index contributed by atoms with van der Waals surface area (Å²) < 4.78 is 0.428. The van der Waals surface area contributed by atoms with Gasteiger partial charge < -0.3 is 5.32 Å². The number of nitrogens with zero attached hydrogens (tertiary/aromatic N) is 2. The number of hydrogen-bond acceptors (Lipinski definition) is 4. The molecule has 0 bridgehead atoms. The summed E-state index contributed by atoms with van der Waals surface area (Å²) in [4.78, 5) is 31.1. The fourth-order valence-corrected chi connectivity index (χ4v) is 4.15. The summed E-state index contributed by atoms with van der Waals surface area (Å²) in [6.45, 7) is 0.261. The zero-order valence-electron chi connectivity index (χ0n) is 11.7. The van der Waals surface area contributed by atoms with Crippen LogP contribution in [0, 0.1) is 0 Å². The molecule has 0 radical (unpaired) electrons. The number of halogens is 1. The highest BCUT2D eigenvalue weighted by Gasteiger charge is 2.50. The predicted molar refractivity (Wildman–Crippen MR) is 81.3 cm³/mol. The molecule has 3 amide bonds. The van der Waals surface area contributed by atoms with Crippen molar-refractivity contribution in [3.05, 3.63) is 15.5 Å². The first-order valence-electron chi connectivity index (χ1n) is 7.35. The SMILES string of the molecule is O=C1NC2(CCCCCCC2)C(=O)N1Cc1cnc(Cl)s1. The molecule has 1 aliphatic carbocycles. The molecule has 0 aromatic carbocycles. The molecule has 7 heteroatoms. The summed E-state index contributed by atoms with van der Waals surface area (Å²) in [5.41, 5.74) is -0.675. The van der Waals surface area contributed by atoms with Crippen molar-refractivity contribution in [2.24, 2.45) is 0 Å². The van der Waals surface area contributed by atoms with Crippen LogP contribution in [0.15, 0.2) is 6.20 Å². The van der Waals surface area contributed by atoms with Crippen LogP contribution in [-0.4, -0.2) is 27.4 Å². The van der Waals surface area contributed by atoms with Crippen molar-refractivity contribution in [3.8, 4) is 0 Å². The maximum atomic E-state index is 12.8. The number of imide groups is 1. The molecule has 1 spiro atoms. The molecule has 0 atom stereocenters. The van der Waals surface area contributed by atoms with Gasteiger partial charge in [0.05, 0.1) is 6.54 Å². The highest BCUT2D eigenvalue weighted by Crippen LogP contribution is 2.33. The topological polar surface area (TPSA) is 62.3 Å². The molecule has 21 heavy (non-hydrogen) atoms. The number of amides is 3. The van der Waals surface area contributed by atoms with Crippen molar-refractivity contribution >= 4 is 34.9 Å². The van der Waals surface area contributed by atoms with Crippen molar-refractivity contribution in [1.29, 1.82) is 0 Å². The number of urea groups is 1. The van der Waals surface area contributed by atoms with Gasteiger partial charge in [-0.2, -0.15) is 0 Å². The lowest BCUT2D eigenvalue weighted by atomic mass is 9.84. The van der Waals surface area contributed by atoms with Gasteiger partial charge in [-0.15, -0.1) is 11.3 Å². The largest absolute Gasteiger partial charge is 0.325 e. The Labute approximate surface area is 132 Å². The molecule has 1 saturated heterocycles. The summed E-state index contributed by atoms with van der Waals surface area (Å²) >= 11 is 7.11. The minimum absolute atomic E-state index is 0.0843. The first kappa shape index (κ1) is 14.8. The maximum Gasteiger partial charge on any atom is 0.325 e. The molecule has 114 valence electrons. The third kappa shape index (κ3) is 2.92. The highest BCUT2D eigenvalue weighted by molar-refractivity contribution is 7.15. The van der Waals surface area contributed by atoms with E-state index in [1.54, 1.807) is 6.20 Å². The van der Waals surface area contributed by atoms with Crippen molar-refractivity contribution < 1.29 is 9.59 Å². The van der Waals surface area contributed by atoms with Crippen LogP contribution in [-0.2, 0) is 11.3 Å². The zero-order valence-corrected chi connectivity index (χ0v) is 13.3. The molecular formula is C14H18ClN3O2S. The number of aromatic nitrogens is 1. The third-order valence-electron chi connectivity index (χ3n) is 4.29. The summed E-state index contributed by atoms with van der Waals surface area (Å²) in [7, 11) is 0. The predicted octanol–water partition coefficient (Wildman–Crippen LogP) is 3.33. The zero-order chi connectivity index (χ0) is 14.9. The molecule has 1 aliphatic heterocycles. The smallest absolute Gasteiger partial charge is 0.323 e. The van der Waals surface area contributed by atoms with Gasteiger partial charge in [-0.25, -0.2) is 9.78 Å². The van der Waals surface area contributed by atoms with Crippen LogP contribution >= 0.6 is 22.9 Å². The van der Waals surface area contributed by atoms with E-state index < -0.39 is 5.54 Å². The van der Waals surface area contributed by atoms with Crippen LogP contribution in [0.1, 0.15) is 49.8 Å². The molecule has 0 unspecified atom stereocenters. The Balaban J connectivity index is 1.77. The Morgan fingerprint density at radius 3 is 2.52 bits per heavy atom. The van der Waals surface area contributed by atoms with Gasteiger partial charge >= 0.3 is 6.03 Å². The van der Waals surface area contributed by atoms with Gasteiger partial charge in [0, 0.05) is 11.1 Å². The van der Waals surface area contributed by atoms with Gasteiger partial charge in [0.25, 0.3) is 5.91 Å². The monoisotopic (exact) mass is 327 g/mol. The average molecular weight is 328 g/mol. The van der Waals surface area contributed by atoms with Crippen LogP contribution in [0.25, 0.3) is 0 Å². The number of thiazole rings is 1. The second kappa shape index (κ2) is 5.93. The van der Waals surface area contributed by atoms with Crippen LogP contribution < -0.4 is 5.32 Å². The second-order valence-electron chi connectivity index (χ2n) is 5.75. The fourth-order valence-electron chi connectivity index (χ4n) is 3.18. The Kier molecular flexibility index (Phi) is 4.17. The van der Waals surface area contributed by atoms with Crippen LogP contribution in [0.5, 0.6) is 0 Å². The van der Waals surface area contributed by atoms with Crippen molar-refractivity contribution in [3.63, 3.8) is 0 Å². The van der Waals surface area contributed by atoms with Crippen LogP contribution in [0.3, 0.4) is 0 Å². The molecule has 3 rings (SSSR count). The average Bonchev–Trinajstić information content (AvgIpc) is 2.92. The quantitative estimate of drug-likeness (QED) is 0.847. The molecule has 2 fully saturated rings. The van der Waals surface area contributed by atoms with E-state index in [0.29, 0.717) is 4.47 Å². The van der Waals surface area contributed by atoms with E-state index in [9.17, 15) is 9.59 Å². The van der Waals surface area contributed by atoms with Crippen LogP contribution in [0.4, 0.5) is 4.79 Å². The van der Waals surface area contributed by atoms with E-state index >= 15 is 0 Å². The second-order valence-corrected chi connectivity index (χ2v) is 7.45. The van der Waals surface area contributed by atoms with E-state index in [-0.39, 0.29) is 18.5 Å². The standard InChI is InChI=1S/C14H18ClN3O2S/c15-12-16-8-10(21-12)9-18-11(19)14(17-13(18)20)6-4-2-1-3-5-7-14/h8H,1-7,9H2,(H,17,20). The Morgan fingerprint density at radius 1 is 1.24 bits per heavy atom. The van der Waals surface area contributed by atoms with Crippen LogP contribution in [0.2, 0.25) is 4.47 Å². The lowest BCUT2D eigenvalue weighted by molar-refractivity contribution is -0.132. The number of carbonyl (C=O) groups is 2. The third-order valence-corrected chi connectivity index (χ3v) is 5.39. The summed E-state index contributed by atoms with van der Waals surface area (Å²) in [5.74, 6) is -0.0843. The molecule has 1 aromatic rings. The van der Waals surface area contributed by atoms with Gasteiger partial charge in [-0.3, -0.25) is 9.69 Å². The lowest BCUT2D eigenvalue weighted by Crippen LogP contribution is -2.47. The van der Waals surface area contributed by atoms with Gasteiger partial charge in [-0.1, -0.05) is 43.7 Å². The molecule has 5 nitrogen and oxygen atoms in total. The molecular weight excluding hydrogens is 310 g/mol. The first-order chi connectivity index (χ1) is 10.1. The van der Waals surface area contributed by atoms with Gasteiger partial charge in [-0.05, 0) is 12.8 Å². The van der Waals surface area contributed by atoms with Crippen molar-refractivity contribution in [2.45, 2.75) is 57.0 Å². The fraction of sp³-hybridized carbons (Fsp3) is 0.643. The number of nitrogens with one attached hydrogen (secondary N) is 1. The molecule has 2 aliphatic rings. The Bertz CT molecular complexity index is 552. The van der Waals surface area contributed by atoms with E-state index in [1.807, 2.05) is 0 Å². The molecule has 1 aromatic heterocycles. The maximum absolute atomic E-state index is 12.8. The summed E-state index contributed by atoms with van der Waals surface area (Å²) in [6, 6.07) is -0.287. The van der Waals surface area contributed by atoms with E-state index in [2.05, 4.69) is 10.3 Å². The lowest BCUT2D eigenvalue weighted by Gasteiger charge is -2.28. The summed E-state index contributed by atoms with van der Waals surface area (Å²) in [5, 5.41) is 2.95. The Morgan fingerprint density at radius 2 is 1.90 bits per heavy atom. The molecule has 1 N–H and O–H groups in total. The highest BCUT2D eigenvalue weighted by atomic mass is 35.5. The minimum Gasteiger partial charge on any atom is -0.323 e. The number of hydrogen-bond donors (Lipinski definition) is 1. The van der Waals surface area contributed by atoms with E-state index in [1.165, 1.54) is 22.7 Å². The number of rotatable bonds is 2. The normalized spacial score (nSPS) is 22.2. The first-order valence-corrected chi connectivity index (χ1v) is 8.54. The van der Waals surface area contributed by atoms with Gasteiger partial charge in [0.1, 0.15) is 5.54 Å². The Hall–Kier alpha value is -1.14. The molecule has 2 heterocycles. The number of carbonyl (C=O) groups excluding carboxylic acids is 2. The summed E-state index contributed by atoms with van der Waals surface area (Å²) in [6.07, 6.45) is 8.59.